The minimum Gasteiger partial charge on any atom is -0.466 e. The summed E-state index contributed by atoms with van der Waals surface area (Å²) in [6.07, 6.45) is 33.1. The first kappa shape index (κ1) is 48.8. The lowest BCUT2D eigenvalue weighted by atomic mass is 10.1. The van der Waals surface area contributed by atoms with Crippen LogP contribution in [0.25, 0.3) is 0 Å². The van der Waals surface area contributed by atoms with E-state index < -0.39 is 0 Å². The Morgan fingerprint density at radius 1 is 0.442 bits per heavy atom. The molecule has 308 valence electrons. The number of hydrogen-bond donors (Lipinski definition) is 0. The van der Waals surface area contributed by atoms with Crippen LogP contribution in [0.2, 0.25) is 0 Å². The number of esters is 2. The smallest absolute Gasteiger partial charge is 0.307 e. The summed E-state index contributed by atoms with van der Waals surface area (Å²) in [5.74, 6) is -0.292. The fourth-order valence-electron chi connectivity index (χ4n) is 6.84. The first-order valence-electron chi connectivity index (χ1n) is 22.6. The van der Waals surface area contributed by atoms with E-state index in [0.717, 1.165) is 91.1 Å². The lowest BCUT2D eigenvalue weighted by Crippen LogP contribution is -2.36. The summed E-state index contributed by atoms with van der Waals surface area (Å²) in [6, 6.07) is 0. The van der Waals surface area contributed by atoms with Crippen molar-refractivity contribution in [3.8, 4) is 0 Å². The van der Waals surface area contributed by atoms with E-state index >= 15 is 0 Å². The summed E-state index contributed by atoms with van der Waals surface area (Å²) < 4.78 is 22.7. The molecule has 1 heterocycles. The van der Waals surface area contributed by atoms with Crippen LogP contribution in [0.3, 0.4) is 0 Å². The SMILES string of the molecule is CCCCCCCCCCCOCCCCCOC(=O)CCN(CCC(=O)OCCCCCOCCCCCCCCCCC)CCN1CCCC1. The van der Waals surface area contributed by atoms with Crippen LogP contribution >= 0.6 is 0 Å². The van der Waals surface area contributed by atoms with Crippen LogP contribution in [0.5, 0.6) is 0 Å². The quantitative estimate of drug-likeness (QED) is 0.0453. The van der Waals surface area contributed by atoms with Crippen molar-refractivity contribution in [3.63, 3.8) is 0 Å². The summed E-state index contributed by atoms with van der Waals surface area (Å²) in [4.78, 5) is 29.7. The topological polar surface area (TPSA) is 77.5 Å². The van der Waals surface area contributed by atoms with Gasteiger partial charge >= 0.3 is 11.9 Å². The minimum atomic E-state index is -0.146. The molecule has 0 unspecified atom stereocenters. The van der Waals surface area contributed by atoms with Gasteiger partial charge in [-0.3, -0.25) is 9.59 Å². The first-order valence-corrected chi connectivity index (χ1v) is 22.6. The van der Waals surface area contributed by atoms with Crippen LogP contribution in [0.1, 0.15) is 194 Å². The second kappa shape index (κ2) is 39.5. The van der Waals surface area contributed by atoms with Gasteiger partial charge in [-0.1, -0.05) is 117 Å². The van der Waals surface area contributed by atoms with E-state index in [4.69, 9.17) is 18.9 Å². The van der Waals surface area contributed by atoms with Gasteiger partial charge in [-0.25, -0.2) is 0 Å². The highest BCUT2D eigenvalue weighted by Crippen LogP contribution is 2.12. The average molecular weight is 739 g/mol. The fraction of sp³-hybridized carbons (Fsp3) is 0.955. The van der Waals surface area contributed by atoms with Gasteiger partial charge in [0.25, 0.3) is 0 Å². The highest BCUT2D eigenvalue weighted by Gasteiger charge is 2.16. The summed E-state index contributed by atoms with van der Waals surface area (Å²) in [7, 11) is 0. The highest BCUT2D eigenvalue weighted by molar-refractivity contribution is 5.70. The van der Waals surface area contributed by atoms with Crippen LogP contribution in [0.15, 0.2) is 0 Å². The molecule has 0 spiro atoms. The van der Waals surface area contributed by atoms with Gasteiger partial charge in [0.05, 0.1) is 26.1 Å². The molecule has 0 aliphatic carbocycles. The van der Waals surface area contributed by atoms with Gasteiger partial charge in [0.15, 0.2) is 0 Å². The van der Waals surface area contributed by atoms with Crippen LogP contribution in [-0.4, -0.2) is 101 Å². The van der Waals surface area contributed by atoms with Crippen molar-refractivity contribution in [2.75, 3.05) is 78.9 Å². The van der Waals surface area contributed by atoms with E-state index in [9.17, 15) is 9.59 Å². The zero-order chi connectivity index (χ0) is 37.4. The number of hydrogen-bond acceptors (Lipinski definition) is 8. The van der Waals surface area contributed by atoms with E-state index in [1.54, 1.807) is 0 Å². The molecule has 0 amide bonds. The molecule has 0 saturated carbocycles. The monoisotopic (exact) mass is 739 g/mol. The molecular formula is C44H86N2O6. The Bertz CT molecular complexity index is 711. The number of ether oxygens (including phenoxy) is 4. The third kappa shape index (κ3) is 34.5. The number of nitrogens with zero attached hydrogens (tertiary/aromatic N) is 2. The fourth-order valence-corrected chi connectivity index (χ4v) is 6.84. The van der Waals surface area contributed by atoms with Crippen molar-refractivity contribution < 1.29 is 28.5 Å². The normalized spacial score (nSPS) is 13.4. The average Bonchev–Trinajstić information content (AvgIpc) is 3.68. The van der Waals surface area contributed by atoms with Crippen molar-refractivity contribution in [1.82, 2.24) is 9.80 Å². The van der Waals surface area contributed by atoms with Gasteiger partial charge in [0.2, 0.25) is 0 Å². The molecule has 0 N–H and O–H groups in total. The number of rotatable bonds is 41. The maximum absolute atomic E-state index is 12.5. The molecule has 1 aliphatic heterocycles. The lowest BCUT2D eigenvalue weighted by Gasteiger charge is -2.24. The Hall–Kier alpha value is -1.22. The molecule has 8 heteroatoms. The minimum absolute atomic E-state index is 0.146. The van der Waals surface area contributed by atoms with Crippen molar-refractivity contribution in [3.05, 3.63) is 0 Å². The molecule has 0 aromatic rings. The Labute approximate surface area is 322 Å². The van der Waals surface area contributed by atoms with Crippen molar-refractivity contribution in [2.45, 2.75) is 194 Å². The molecule has 1 rings (SSSR count). The Balaban J connectivity index is 2.03. The number of unbranched alkanes of at least 4 members (excludes halogenated alkanes) is 20. The Kier molecular flexibility index (Phi) is 37.0. The second-order valence-electron chi connectivity index (χ2n) is 15.3. The van der Waals surface area contributed by atoms with E-state index in [2.05, 4.69) is 23.6 Å². The standard InChI is InChI=1S/C44H86N2O6/c1-3-5-7-9-11-13-15-17-23-37-49-39-25-19-27-41-51-43(47)29-33-46(36-35-45-31-21-22-32-45)34-30-44(48)52-42-28-20-26-40-50-38-24-18-16-14-12-10-8-6-4-2/h3-42H2,1-2H3. The predicted octanol–water partition coefficient (Wildman–Crippen LogP) is 10.7. The molecule has 1 saturated heterocycles. The predicted molar refractivity (Wildman–Crippen MR) is 217 cm³/mol. The molecular weight excluding hydrogens is 652 g/mol. The summed E-state index contributed by atoms with van der Waals surface area (Å²) >= 11 is 0. The molecule has 1 aliphatic rings. The van der Waals surface area contributed by atoms with Crippen LogP contribution in [0.4, 0.5) is 0 Å². The zero-order valence-corrected chi connectivity index (χ0v) is 34.6. The first-order chi connectivity index (χ1) is 25.7. The van der Waals surface area contributed by atoms with Crippen molar-refractivity contribution in [2.24, 2.45) is 0 Å². The third-order valence-electron chi connectivity index (χ3n) is 10.4. The molecule has 1 fully saturated rings. The van der Waals surface area contributed by atoms with Crippen LogP contribution in [-0.2, 0) is 28.5 Å². The molecule has 8 nitrogen and oxygen atoms in total. The largest absolute Gasteiger partial charge is 0.466 e. The van der Waals surface area contributed by atoms with Crippen LogP contribution < -0.4 is 0 Å². The number of carbonyl (C=O) groups is 2. The highest BCUT2D eigenvalue weighted by atomic mass is 16.5. The van der Waals surface area contributed by atoms with Gasteiger partial charge in [-0.2, -0.15) is 0 Å². The van der Waals surface area contributed by atoms with E-state index in [0.29, 0.717) is 39.1 Å². The maximum Gasteiger partial charge on any atom is 0.307 e. The van der Waals surface area contributed by atoms with Gasteiger partial charge in [-0.05, 0) is 77.3 Å². The maximum atomic E-state index is 12.5. The van der Waals surface area contributed by atoms with Crippen LogP contribution in [0, 0.1) is 0 Å². The number of likely N-dealkylation sites (tertiary alicyclic amines) is 1. The number of carbonyl (C=O) groups excluding carboxylic acids is 2. The Morgan fingerprint density at radius 2 is 0.769 bits per heavy atom. The van der Waals surface area contributed by atoms with Crippen molar-refractivity contribution in [1.29, 1.82) is 0 Å². The second-order valence-corrected chi connectivity index (χ2v) is 15.3. The van der Waals surface area contributed by atoms with E-state index in [1.807, 2.05) is 0 Å². The lowest BCUT2D eigenvalue weighted by molar-refractivity contribution is -0.144. The summed E-state index contributed by atoms with van der Waals surface area (Å²) in [6.45, 7) is 14.2. The third-order valence-corrected chi connectivity index (χ3v) is 10.4. The molecule has 0 atom stereocenters. The molecule has 52 heavy (non-hydrogen) atoms. The summed E-state index contributed by atoms with van der Waals surface area (Å²) in [5.41, 5.74) is 0. The molecule has 0 aromatic carbocycles. The molecule has 0 bridgehead atoms. The molecule has 0 aromatic heterocycles. The van der Waals surface area contributed by atoms with Gasteiger partial charge in [0, 0.05) is 52.6 Å². The van der Waals surface area contributed by atoms with Gasteiger partial charge < -0.3 is 28.7 Å². The Morgan fingerprint density at radius 3 is 1.15 bits per heavy atom. The van der Waals surface area contributed by atoms with E-state index in [-0.39, 0.29) is 11.9 Å². The van der Waals surface area contributed by atoms with Gasteiger partial charge in [0.1, 0.15) is 0 Å². The van der Waals surface area contributed by atoms with Crippen molar-refractivity contribution >= 4 is 11.9 Å². The molecule has 0 radical (unpaired) electrons. The van der Waals surface area contributed by atoms with E-state index in [1.165, 1.54) is 128 Å². The van der Waals surface area contributed by atoms with Gasteiger partial charge in [-0.15, -0.1) is 0 Å². The zero-order valence-electron chi connectivity index (χ0n) is 34.6. The summed E-state index contributed by atoms with van der Waals surface area (Å²) in [5, 5.41) is 0.